The molecule has 0 aliphatic heterocycles. The Morgan fingerprint density at radius 1 is 0.929 bits per heavy atom. The van der Waals surface area contributed by atoms with Gasteiger partial charge < -0.3 is 4.74 Å². The molecule has 0 aliphatic carbocycles. The lowest BCUT2D eigenvalue weighted by atomic mass is 10.2. The Bertz CT molecular complexity index is 1210. The van der Waals surface area contributed by atoms with E-state index in [4.69, 9.17) is 4.74 Å². The summed E-state index contributed by atoms with van der Waals surface area (Å²) >= 11 is 0. The van der Waals surface area contributed by atoms with Crippen molar-refractivity contribution >= 4 is 23.1 Å². The SMILES string of the molecule is COc1ccc(/C=C/c2nc3ccccc3c(=O)n2-c2ccc(F)cc2)cc1. The number of halogens is 1. The summed E-state index contributed by atoms with van der Waals surface area (Å²) in [4.78, 5) is 17.7. The van der Waals surface area contributed by atoms with E-state index in [1.165, 1.54) is 16.7 Å². The average Bonchev–Trinajstić information content (AvgIpc) is 2.74. The molecule has 0 atom stereocenters. The summed E-state index contributed by atoms with van der Waals surface area (Å²) in [6, 6.07) is 20.5. The van der Waals surface area contributed by atoms with Gasteiger partial charge in [-0.3, -0.25) is 9.36 Å². The Balaban J connectivity index is 1.87. The standard InChI is InChI=1S/C23H17FN2O2/c1-28-19-13-6-16(7-14-19)8-15-22-25-21-5-3-2-4-20(21)23(27)26(22)18-11-9-17(24)10-12-18/h2-15H,1H3/b15-8+. The number of nitrogens with zero attached hydrogens (tertiary/aromatic N) is 2. The second-order valence-corrected chi connectivity index (χ2v) is 6.21. The number of hydrogen-bond acceptors (Lipinski definition) is 3. The highest BCUT2D eigenvalue weighted by Gasteiger charge is 2.11. The molecule has 0 aliphatic rings. The van der Waals surface area contributed by atoms with E-state index in [1.54, 1.807) is 43.5 Å². The van der Waals surface area contributed by atoms with E-state index in [1.807, 2.05) is 36.4 Å². The molecule has 4 nitrogen and oxygen atoms in total. The summed E-state index contributed by atoms with van der Waals surface area (Å²) < 4.78 is 20.0. The molecule has 28 heavy (non-hydrogen) atoms. The molecule has 1 aromatic heterocycles. The van der Waals surface area contributed by atoms with E-state index in [0.717, 1.165) is 11.3 Å². The van der Waals surface area contributed by atoms with Gasteiger partial charge in [0.25, 0.3) is 5.56 Å². The molecule has 4 rings (SSSR count). The van der Waals surface area contributed by atoms with E-state index in [-0.39, 0.29) is 11.4 Å². The molecule has 5 heteroatoms. The van der Waals surface area contributed by atoms with Crippen molar-refractivity contribution in [3.05, 3.63) is 100 Å². The van der Waals surface area contributed by atoms with Crippen molar-refractivity contribution < 1.29 is 9.13 Å². The van der Waals surface area contributed by atoms with Gasteiger partial charge in [0, 0.05) is 0 Å². The second-order valence-electron chi connectivity index (χ2n) is 6.21. The van der Waals surface area contributed by atoms with E-state index < -0.39 is 0 Å². The summed E-state index contributed by atoms with van der Waals surface area (Å²) in [7, 11) is 1.62. The molecular formula is C23H17FN2O2. The van der Waals surface area contributed by atoms with Gasteiger partial charge in [0.1, 0.15) is 17.4 Å². The minimum absolute atomic E-state index is 0.202. The molecule has 0 unspecified atom stereocenters. The number of methoxy groups -OCH3 is 1. The fraction of sp³-hybridized carbons (Fsp3) is 0.0435. The molecule has 138 valence electrons. The molecule has 0 fully saturated rings. The van der Waals surface area contributed by atoms with Crippen molar-refractivity contribution in [2.45, 2.75) is 0 Å². The van der Waals surface area contributed by atoms with E-state index in [2.05, 4.69) is 4.98 Å². The van der Waals surface area contributed by atoms with Crippen LogP contribution in [0.2, 0.25) is 0 Å². The van der Waals surface area contributed by atoms with Crippen LogP contribution in [-0.2, 0) is 0 Å². The predicted molar refractivity (Wildman–Crippen MR) is 109 cm³/mol. The second kappa shape index (κ2) is 7.48. The summed E-state index contributed by atoms with van der Waals surface area (Å²) in [6.45, 7) is 0. The Hall–Kier alpha value is -3.73. The molecular weight excluding hydrogens is 355 g/mol. The topological polar surface area (TPSA) is 44.1 Å². The van der Waals surface area contributed by atoms with Crippen LogP contribution in [0.15, 0.2) is 77.6 Å². The van der Waals surface area contributed by atoms with Crippen LogP contribution in [0.1, 0.15) is 11.4 Å². The summed E-state index contributed by atoms with van der Waals surface area (Å²) in [5.41, 5.74) is 1.90. The minimum Gasteiger partial charge on any atom is -0.497 e. The maximum atomic E-state index is 13.4. The van der Waals surface area contributed by atoms with Crippen LogP contribution in [-0.4, -0.2) is 16.7 Å². The normalized spacial score (nSPS) is 11.2. The molecule has 0 radical (unpaired) electrons. The highest BCUT2D eigenvalue weighted by molar-refractivity contribution is 5.80. The van der Waals surface area contributed by atoms with E-state index >= 15 is 0 Å². The maximum Gasteiger partial charge on any atom is 0.266 e. The molecule has 3 aromatic carbocycles. The largest absolute Gasteiger partial charge is 0.497 e. The third kappa shape index (κ3) is 3.42. The summed E-state index contributed by atoms with van der Waals surface area (Å²) in [6.07, 6.45) is 3.65. The van der Waals surface area contributed by atoms with Crippen molar-refractivity contribution in [3.8, 4) is 11.4 Å². The van der Waals surface area contributed by atoms with Crippen LogP contribution in [0, 0.1) is 5.82 Å². The third-order valence-corrected chi connectivity index (χ3v) is 4.43. The zero-order valence-electron chi connectivity index (χ0n) is 15.2. The molecule has 1 heterocycles. The number of hydrogen-bond donors (Lipinski definition) is 0. The maximum absolute atomic E-state index is 13.4. The lowest BCUT2D eigenvalue weighted by molar-refractivity contribution is 0.415. The fourth-order valence-corrected chi connectivity index (χ4v) is 2.99. The molecule has 0 amide bonds. The van der Waals surface area contributed by atoms with Crippen LogP contribution in [0.25, 0.3) is 28.7 Å². The first-order valence-corrected chi connectivity index (χ1v) is 8.75. The van der Waals surface area contributed by atoms with Gasteiger partial charge in [-0.05, 0) is 60.2 Å². The third-order valence-electron chi connectivity index (χ3n) is 4.43. The highest BCUT2D eigenvalue weighted by atomic mass is 19.1. The Kier molecular flexibility index (Phi) is 4.72. The van der Waals surface area contributed by atoms with Gasteiger partial charge in [0.15, 0.2) is 0 Å². The summed E-state index contributed by atoms with van der Waals surface area (Å²) in [5, 5.41) is 0.508. The molecule has 0 spiro atoms. The zero-order valence-corrected chi connectivity index (χ0v) is 15.2. The van der Waals surface area contributed by atoms with Gasteiger partial charge in [-0.15, -0.1) is 0 Å². The lowest BCUT2D eigenvalue weighted by Gasteiger charge is -2.11. The predicted octanol–water partition coefficient (Wildman–Crippen LogP) is 4.70. The van der Waals surface area contributed by atoms with Gasteiger partial charge >= 0.3 is 0 Å². The van der Waals surface area contributed by atoms with Crippen LogP contribution in [0.3, 0.4) is 0 Å². The zero-order chi connectivity index (χ0) is 19.5. The van der Waals surface area contributed by atoms with Gasteiger partial charge in [-0.1, -0.05) is 30.3 Å². The van der Waals surface area contributed by atoms with Crippen LogP contribution in [0.4, 0.5) is 4.39 Å². The van der Waals surface area contributed by atoms with Gasteiger partial charge in [-0.25, -0.2) is 9.37 Å². The van der Waals surface area contributed by atoms with E-state index in [0.29, 0.717) is 22.4 Å². The number of fused-ring (bicyclic) bond motifs is 1. The Labute approximate surface area is 161 Å². The molecule has 0 N–H and O–H groups in total. The van der Waals surface area contributed by atoms with Crippen molar-refractivity contribution in [1.29, 1.82) is 0 Å². The van der Waals surface area contributed by atoms with Crippen LogP contribution in [0.5, 0.6) is 5.75 Å². The summed E-state index contributed by atoms with van der Waals surface area (Å²) in [5.74, 6) is 0.871. The van der Waals surface area contributed by atoms with Crippen molar-refractivity contribution in [2.24, 2.45) is 0 Å². The molecule has 0 bridgehead atoms. The Morgan fingerprint density at radius 2 is 1.64 bits per heavy atom. The molecule has 0 saturated carbocycles. The van der Waals surface area contributed by atoms with Crippen molar-refractivity contribution in [2.75, 3.05) is 7.11 Å². The fourth-order valence-electron chi connectivity index (χ4n) is 2.99. The van der Waals surface area contributed by atoms with Crippen molar-refractivity contribution in [3.63, 3.8) is 0 Å². The average molecular weight is 372 g/mol. The minimum atomic E-state index is -0.360. The van der Waals surface area contributed by atoms with Gasteiger partial charge in [0.2, 0.25) is 0 Å². The van der Waals surface area contributed by atoms with Gasteiger partial charge in [-0.2, -0.15) is 0 Å². The number of para-hydroxylation sites is 1. The Morgan fingerprint density at radius 3 is 2.36 bits per heavy atom. The highest BCUT2D eigenvalue weighted by Crippen LogP contribution is 2.17. The molecule has 4 aromatic rings. The number of rotatable bonds is 4. The molecule has 0 saturated heterocycles. The first kappa shape index (κ1) is 17.7. The van der Waals surface area contributed by atoms with Crippen molar-refractivity contribution in [1.82, 2.24) is 9.55 Å². The van der Waals surface area contributed by atoms with E-state index in [9.17, 15) is 9.18 Å². The lowest BCUT2D eigenvalue weighted by Crippen LogP contribution is -2.22. The quantitative estimate of drug-likeness (QED) is 0.521. The number of ether oxygens (including phenoxy) is 1. The number of aromatic nitrogens is 2. The number of benzene rings is 3. The first-order valence-electron chi connectivity index (χ1n) is 8.75. The smallest absolute Gasteiger partial charge is 0.266 e. The van der Waals surface area contributed by atoms with Crippen LogP contribution < -0.4 is 10.3 Å². The first-order chi connectivity index (χ1) is 13.7. The van der Waals surface area contributed by atoms with Crippen LogP contribution >= 0.6 is 0 Å². The monoisotopic (exact) mass is 372 g/mol. The van der Waals surface area contributed by atoms with Gasteiger partial charge in [0.05, 0.1) is 23.7 Å².